The van der Waals surface area contributed by atoms with E-state index in [4.69, 9.17) is 0 Å². The van der Waals surface area contributed by atoms with Crippen molar-refractivity contribution in [1.29, 1.82) is 0 Å². The molecule has 5 heteroatoms. The van der Waals surface area contributed by atoms with E-state index in [2.05, 4.69) is 5.10 Å². The summed E-state index contributed by atoms with van der Waals surface area (Å²) in [6.07, 6.45) is 1.46. The Balaban J connectivity index is 2.30. The van der Waals surface area contributed by atoms with Crippen LogP contribution in [0, 0.1) is 11.6 Å². The van der Waals surface area contributed by atoms with E-state index in [9.17, 15) is 13.6 Å². The normalized spacial score (nSPS) is 10.8. The van der Waals surface area contributed by atoms with Crippen LogP contribution in [0.4, 0.5) is 8.78 Å². The molecule has 0 unspecified atom stereocenters. The van der Waals surface area contributed by atoms with E-state index in [-0.39, 0.29) is 6.54 Å². The van der Waals surface area contributed by atoms with Gasteiger partial charge in [-0.15, -0.1) is 0 Å². The smallest absolute Gasteiger partial charge is 0.190 e. The number of nitrogens with zero attached hydrogens (tertiary/aromatic N) is 2. The van der Waals surface area contributed by atoms with Gasteiger partial charge in [-0.25, -0.2) is 8.78 Å². The molecule has 0 aliphatic rings. The number of carbonyl (C=O) groups excluding carboxylic acids is 1. The van der Waals surface area contributed by atoms with E-state index in [1.165, 1.54) is 10.7 Å². The Morgan fingerprint density at radius 2 is 1.85 bits per heavy atom. The SMILES string of the molecule is CCc1cc(CC)n(CC(=O)c2c(F)cccc2F)n1. The van der Waals surface area contributed by atoms with Crippen LogP contribution in [-0.2, 0) is 19.4 Å². The zero-order chi connectivity index (χ0) is 14.7. The van der Waals surface area contributed by atoms with Gasteiger partial charge in [-0.1, -0.05) is 19.9 Å². The zero-order valence-corrected chi connectivity index (χ0v) is 11.5. The van der Waals surface area contributed by atoms with Gasteiger partial charge in [0.15, 0.2) is 5.78 Å². The summed E-state index contributed by atoms with van der Waals surface area (Å²) in [5, 5.41) is 4.28. The van der Waals surface area contributed by atoms with Crippen LogP contribution in [0.15, 0.2) is 24.3 Å². The minimum Gasteiger partial charge on any atom is -0.292 e. The lowest BCUT2D eigenvalue weighted by atomic mass is 10.1. The van der Waals surface area contributed by atoms with Crippen LogP contribution >= 0.6 is 0 Å². The molecule has 0 saturated heterocycles. The van der Waals surface area contributed by atoms with Crippen LogP contribution in [0.3, 0.4) is 0 Å². The van der Waals surface area contributed by atoms with E-state index in [0.29, 0.717) is 6.42 Å². The molecule has 0 radical (unpaired) electrons. The third-order valence-electron chi connectivity index (χ3n) is 3.17. The number of ketones is 1. The van der Waals surface area contributed by atoms with Crippen molar-refractivity contribution in [3.8, 4) is 0 Å². The summed E-state index contributed by atoms with van der Waals surface area (Å²) in [4.78, 5) is 12.1. The molecule has 20 heavy (non-hydrogen) atoms. The van der Waals surface area contributed by atoms with E-state index in [0.717, 1.165) is 29.9 Å². The molecule has 0 amide bonds. The highest BCUT2D eigenvalue weighted by atomic mass is 19.1. The van der Waals surface area contributed by atoms with Crippen molar-refractivity contribution < 1.29 is 13.6 Å². The second-order valence-corrected chi connectivity index (χ2v) is 4.51. The minimum atomic E-state index is -0.837. The predicted molar refractivity (Wildman–Crippen MR) is 71.7 cm³/mol. The molecule has 0 saturated carbocycles. The lowest BCUT2D eigenvalue weighted by molar-refractivity contribution is 0.0958. The molecule has 1 aromatic carbocycles. The van der Waals surface area contributed by atoms with Gasteiger partial charge in [-0.2, -0.15) is 5.10 Å². The topological polar surface area (TPSA) is 34.9 Å². The fraction of sp³-hybridized carbons (Fsp3) is 0.333. The first kappa shape index (κ1) is 14.4. The summed E-state index contributed by atoms with van der Waals surface area (Å²) in [7, 11) is 0. The van der Waals surface area contributed by atoms with Gasteiger partial charge in [0.05, 0.1) is 11.3 Å². The maximum Gasteiger partial charge on any atom is 0.190 e. The van der Waals surface area contributed by atoms with Crippen molar-refractivity contribution in [3.05, 3.63) is 52.9 Å². The van der Waals surface area contributed by atoms with Crippen LogP contribution < -0.4 is 0 Å². The first-order valence-electron chi connectivity index (χ1n) is 6.59. The van der Waals surface area contributed by atoms with E-state index < -0.39 is 23.0 Å². The quantitative estimate of drug-likeness (QED) is 0.787. The average molecular weight is 278 g/mol. The highest BCUT2D eigenvalue weighted by Gasteiger charge is 2.18. The van der Waals surface area contributed by atoms with Crippen molar-refractivity contribution in [3.63, 3.8) is 0 Å². The number of halogens is 2. The largest absolute Gasteiger partial charge is 0.292 e. The predicted octanol–water partition coefficient (Wildman–Crippen LogP) is 3.17. The number of aryl methyl sites for hydroxylation is 2. The summed E-state index contributed by atoms with van der Waals surface area (Å²) in [5.41, 5.74) is 1.25. The molecule has 1 aromatic heterocycles. The maximum absolute atomic E-state index is 13.6. The number of carbonyl (C=O) groups is 1. The Hall–Kier alpha value is -2.04. The van der Waals surface area contributed by atoms with E-state index >= 15 is 0 Å². The monoisotopic (exact) mass is 278 g/mol. The van der Waals surface area contributed by atoms with Crippen molar-refractivity contribution in [1.82, 2.24) is 9.78 Å². The fourth-order valence-electron chi connectivity index (χ4n) is 2.09. The van der Waals surface area contributed by atoms with Gasteiger partial charge in [-0.05, 0) is 31.0 Å². The molecule has 0 spiro atoms. The number of Topliss-reactive ketones (excluding diaryl/α,β-unsaturated/α-hetero) is 1. The zero-order valence-electron chi connectivity index (χ0n) is 11.5. The van der Waals surface area contributed by atoms with Crippen LogP contribution in [0.5, 0.6) is 0 Å². The number of hydrogen-bond donors (Lipinski definition) is 0. The lowest BCUT2D eigenvalue weighted by Crippen LogP contribution is -2.16. The molecular formula is C15H16F2N2O. The molecule has 0 N–H and O–H groups in total. The second kappa shape index (κ2) is 5.94. The van der Waals surface area contributed by atoms with E-state index in [1.807, 2.05) is 19.9 Å². The second-order valence-electron chi connectivity index (χ2n) is 4.51. The molecule has 106 valence electrons. The molecule has 0 bridgehead atoms. The van der Waals surface area contributed by atoms with E-state index in [1.54, 1.807) is 0 Å². The minimum absolute atomic E-state index is 0.152. The summed E-state index contributed by atoms with van der Waals surface area (Å²) < 4.78 is 28.7. The number of hydrogen-bond acceptors (Lipinski definition) is 2. The highest BCUT2D eigenvalue weighted by Crippen LogP contribution is 2.15. The lowest BCUT2D eigenvalue weighted by Gasteiger charge is -2.07. The molecule has 3 nitrogen and oxygen atoms in total. The van der Waals surface area contributed by atoms with Gasteiger partial charge in [0.2, 0.25) is 0 Å². The Bertz CT molecular complexity index is 615. The average Bonchev–Trinajstić information content (AvgIpc) is 2.80. The summed E-state index contributed by atoms with van der Waals surface area (Å²) >= 11 is 0. The van der Waals surface area contributed by atoms with Crippen LogP contribution in [0.25, 0.3) is 0 Å². The molecular weight excluding hydrogens is 262 g/mol. The molecule has 0 aliphatic carbocycles. The van der Waals surface area contributed by atoms with Crippen molar-refractivity contribution >= 4 is 5.78 Å². The molecule has 0 atom stereocenters. The van der Waals surface area contributed by atoms with Gasteiger partial charge in [0, 0.05) is 5.69 Å². The van der Waals surface area contributed by atoms with Crippen LogP contribution in [0.1, 0.15) is 35.6 Å². The van der Waals surface area contributed by atoms with Crippen molar-refractivity contribution in [2.45, 2.75) is 33.2 Å². The van der Waals surface area contributed by atoms with Gasteiger partial charge < -0.3 is 0 Å². The summed E-state index contributed by atoms with van der Waals surface area (Å²) in [6, 6.07) is 5.31. The van der Waals surface area contributed by atoms with Crippen molar-refractivity contribution in [2.24, 2.45) is 0 Å². The first-order valence-corrected chi connectivity index (χ1v) is 6.59. The Morgan fingerprint density at radius 1 is 1.20 bits per heavy atom. The Labute approximate surface area is 116 Å². The molecule has 2 rings (SSSR count). The van der Waals surface area contributed by atoms with Crippen LogP contribution in [0.2, 0.25) is 0 Å². The molecule has 0 aliphatic heterocycles. The van der Waals surface area contributed by atoms with Crippen molar-refractivity contribution in [2.75, 3.05) is 0 Å². The Morgan fingerprint density at radius 3 is 2.40 bits per heavy atom. The van der Waals surface area contributed by atoms with Gasteiger partial charge in [-0.3, -0.25) is 9.48 Å². The fourth-order valence-corrected chi connectivity index (χ4v) is 2.09. The van der Waals surface area contributed by atoms with Gasteiger partial charge >= 0.3 is 0 Å². The van der Waals surface area contributed by atoms with Crippen LogP contribution in [-0.4, -0.2) is 15.6 Å². The van der Waals surface area contributed by atoms with Gasteiger partial charge in [0.25, 0.3) is 0 Å². The summed E-state index contributed by atoms with van der Waals surface area (Å²) in [6.45, 7) is 3.76. The number of rotatable bonds is 5. The standard InChI is InChI=1S/C15H16F2N2O/c1-3-10-8-11(4-2)19(18-10)9-14(20)15-12(16)6-5-7-13(15)17/h5-8H,3-4,9H2,1-2H3. The molecule has 2 aromatic rings. The number of benzene rings is 1. The molecule has 0 fully saturated rings. The highest BCUT2D eigenvalue weighted by molar-refractivity contribution is 5.96. The Kier molecular flexibility index (Phi) is 4.27. The third-order valence-corrected chi connectivity index (χ3v) is 3.17. The first-order chi connectivity index (χ1) is 9.56. The third kappa shape index (κ3) is 2.76. The molecule has 1 heterocycles. The maximum atomic E-state index is 13.6. The number of aromatic nitrogens is 2. The van der Waals surface area contributed by atoms with Gasteiger partial charge in [0.1, 0.15) is 18.2 Å². The summed E-state index contributed by atoms with van der Waals surface area (Å²) in [5.74, 6) is -2.28.